The summed E-state index contributed by atoms with van der Waals surface area (Å²) in [5, 5.41) is 0. The van der Waals surface area contributed by atoms with Gasteiger partial charge in [-0.1, -0.05) is 13.8 Å². The number of ketones is 1. The Morgan fingerprint density at radius 2 is 2.25 bits per heavy atom. The molecule has 1 fully saturated rings. The van der Waals surface area contributed by atoms with Gasteiger partial charge < -0.3 is 0 Å². The van der Waals surface area contributed by atoms with Crippen molar-refractivity contribution in [2.24, 2.45) is 5.41 Å². The first kappa shape index (κ1) is 9.21. The Kier molecular flexibility index (Phi) is 2.49. The van der Waals surface area contributed by atoms with Crippen LogP contribution in [0.2, 0.25) is 0 Å². The maximum atomic E-state index is 11.3. The molecule has 0 aromatic carbocycles. The smallest absolute Gasteiger partial charge is 0.170 e. The zero-order valence-corrected chi connectivity index (χ0v) is 7.64. The second kappa shape index (κ2) is 3.24. The Morgan fingerprint density at radius 1 is 1.58 bits per heavy atom. The molecule has 0 bridgehead atoms. The zero-order valence-electron chi connectivity index (χ0n) is 7.64. The number of Topliss-reactive ketones (excluding diaryl/α,β-unsaturated/α-hetero) is 1. The van der Waals surface area contributed by atoms with Gasteiger partial charge in [-0.05, 0) is 19.3 Å². The van der Waals surface area contributed by atoms with Crippen LogP contribution in [0.25, 0.3) is 0 Å². The van der Waals surface area contributed by atoms with Gasteiger partial charge in [0.05, 0.1) is 5.57 Å². The summed E-state index contributed by atoms with van der Waals surface area (Å²) in [6.45, 7) is 3.99. The van der Waals surface area contributed by atoms with E-state index in [4.69, 9.17) is 0 Å². The molecule has 1 saturated carbocycles. The number of hydrogen-bond acceptors (Lipinski definition) is 2. The third kappa shape index (κ3) is 1.35. The molecule has 1 atom stereocenters. The van der Waals surface area contributed by atoms with Crippen LogP contribution in [0.5, 0.6) is 0 Å². The Bertz CT molecular complexity index is 249. The molecular formula is C10H14O2. The van der Waals surface area contributed by atoms with Crippen molar-refractivity contribution < 1.29 is 9.59 Å². The van der Waals surface area contributed by atoms with Crippen LogP contribution in [-0.4, -0.2) is 11.7 Å². The van der Waals surface area contributed by atoms with E-state index in [-0.39, 0.29) is 11.2 Å². The second-order valence-electron chi connectivity index (χ2n) is 3.67. The van der Waals surface area contributed by atoms with Crippen LogP contribution in [-0.2, 0) is 9.59 Å². The van der Waals surface area contributed by atoms with Gasteiger partial charge in [0.25, 0.3) is 0 Å². The average Bonchev–Trinajstić information content (AvgIpc) is 2.05. The molecule has 2 heteroatoms. The van der Waals surface area contributed by atoms with Crippen LogP contribution >= 0.6 is 0 Å². The predicted octanol–water partition coefficient (Wildman–Crippen LogP) is 1.91. The molecule has 0 amide bonds. The minimum Gasteiger partial charge on any atom is -0.294 e. The summed E-state index contributed by atoms with van der Waals surface area (Å²) in [6, 6.07) is 0. The van der Waals surface area contributed by atoms with Gasteiger partial charge in [0, 0.05) is 11.8 Å². The molecule has 2 nitrogen and oxygen atoms in total. The van der Waals surface area contributed by atoms with Crippen LogP contribution in [0.1, 0.15) is 39.5 Å². The summed E-state index contributed by atoms with van der Waals surface area (Å²) in [5.74, 6) is 1.81. The molecule has 0 saturated heterocycles. The lowest BCUT2D eigenvalue weighted by Gasteiger charge is -2.31. The molecule has 12 heavy (non-hydrogen) atoms. The van der Waals surface area contributed by atoms with Crippen LogP contribution in [0, 0.1) is 5.41 Å². The molecule has 1 aliphatic carbocycles. The summed E-state index contributed by atoms with van der Waals surface area (Å²) in [7, 11) is 0. The lowest BCUT2D eigenvalue weighted by Crippen LogP contribution is -2.29. The van der Waals surface area contributed by atoms with Gasteiger partial charge >= 0.3 is 0 Å². The molecule has 1 rings (SSSR count). The van der Waals surface area contributed by atoms with Crippen LogP contribution in [0.15, 0.2) is 5.57 Å². The molecule has 0 N–H and O–H groups in total. The number of carbonyl (C=O) groups is 1. The second-order valence-corrected chi connectivity index (χ2v) is 3.67. The topological polar surface area (TPSA) is 34.1 Å². The van der Waals surface area contributed by atoms with Crippen LogP contribution in [0.4, 0.5) is 0 Å². The standard InChI is InChI=1S/C10H14O2/c1-3-10(2)6-4-5-9(12)8(10)7-11/h3-6H2,1-2H3. The largest absolute Gasteiger partial charge is 0.294 e. The summed E-state index contributed by atoms with van der Waals surface area (Å²) in [4.78, 5) is 21.9. The van der Waals surface area contributed by atoms with Crippen LogP contribution in [0.3, 0.4) is 0 Å². The molecule has 0 heterocycles. The predicted molar refractivity (Wildman–Crippen MR) is 46.5 cm³/mol. The van der Waals surface area contributed by atoms with Gasteiger partial charge in [0.15, 0.2) is 5.78 Å². The molecule has 0 aliphatic heterocycles. The van der Waals surface area contributed by atoms with Crippen molar-refractivity contribution in [2.45, 2.75) is 39.5 Å². The molecule has 1 aliphatic rings. The summed E-state index contributed by atoms with van der Waals surface area (Å²) in [6.07, 6.45) is 3.23. The van der Waals surface area contributed by atoms with E-state index in [2.05, 4.69) is 0 Å². The minimum absolute atomic E-state index is 0.000556. The van der Waals surface area contributed by atoms with Gasteiger partial charge in [-0.25, -0.2) is 4.79 Å². The first-order chi connectivity index (χ1) is 5.64. The minimum atomic E-state index is -0.197. The van der Waals surface area contributed by atoms with Gasteiger partial charge in [0.2, 0.25) is 0 Å². The molecule has 1 unspecified atom stereocenters. The first-order valence-electron chi connectivity index (χ1n) is 4.43. The fourth-order valence-corrected chi connectivity index (χ4v) is 1.76. The van der Waals surface area contributed by atoms with E-state index in [9.17, 15) is 9.59 Å². The summed E-state index contributed by atoms with van der Waals surface area (Å²) in [5.41, 5.74) is 0.188. The zero-order chi connectivity index (χ0) is 9.19. The SMILES string of the molecule is CCC1(C)CCCC(=O)C1=C=O. The highest BCUT2D eigenvalue weighted by molar-refractivity contribution is 6.04. The summed E-state index contributed by atoms with van der Waals surface area (Å²) >= 11 is 0. The van der Waals surface area contributed by atoms with Crippen molar-refractivity contribution in [3.8, 4) is 0 Å². The van der Waals surface area contributed by atoms with E-state index in [0.717, 1.165) is 19.3 Å². The Balaban J connectivity index is 3.01. The maximum Gasteiger partial charge on any atom is 0.170 e. The highest BCUT2D eigenvalue weighted by Gasteiger charge is 2.35. The Labute approximate surface area is 72.7 Å². The molecule has 0 aromatic heterocycles. The monoisotopic (exact) mass is 166 g/mol. The quantitative estimate of drug-likeness (QED) is 0.440. The average molecular weight is 166 g/mol. The number of hydrogen-bond donors (Lipinski definition) is 0. The Hall–Kier alpha value is -0.880. The summed E-state index contributed by atoms with van der Waals surface area (Å²) < 4.78 is 0. The van der Waals surface area contributed by atoms with Crippen molar-refractivity contribution in [3.63, 3.8) is 0 Å². The van der Waals surface area contributed by atoms with Gasteiger partial charge in [-0.3, -0.25) is 4.79 Å². The van der Waals surface area contributed by atoms with Crippen molar-refractivity contribution >= 4 is 11.7 Å². The number of rotatable bonds is 1. The van der Waals surface area contributed by atoms with E-state index in [1.807, 2.05) is 19.8 Å². The van der Waals surface area contributed by atoms with Gasteiger partial charge in [-0.2, -0.15) is 0 Å². The van der Waals surface area contributed by atoms with E-state index < -0.39 is 0 Å². The molecule has 0 spiro atoms. The fraction of sp³-hybridized carbons (Fsp3) is 0.700. The third-order valence-corrected chi connectivity index (χ3v) is 2.90. The van der Waals surface area contributed by atoms with Crippen molar-refractivity contribution in [3.05, 3.63) is 5.57 Å². The fourth-order valence-electron chi connectivity index (χ4n) is 1.76. The van der Waals surface area contributed by atoms with E-state index in [1.54, 1.807) is 0 Å². The molecular weight excluding hydrogens is 152 g/mol. The van der Waals surface area contributed by atoms with E-state index in [0.29, 0.717) is 12.0 Å². The highest BCUT2D eigenvalue weighted by Crippen LogP contribution is 2.39. The van der Waals surface area contributed by atoms with Gasteiger partial charge in [-0.15, -0.1) is 0 Å². The Morgan fingerprint density at radius 3 is 2.67 bits per heavy atom. The lowest BCUT2D eigenvalue weighted by atomic mass is 9.70. The van der Waals surface area contributed by atoms with Gasteiger partial charge in [0.1, 0.15) is 5.94 Å². The third-order valence-electron chi connectivity index (χ3n) is 2.90. The lowest BCUT2D eigenvalue weighted by molar-refractivity contribution is -0.117. The van der Waals surface area contributed by atoms with Crippen molar-refractivity contribution in [1.29, 1.82) is 0 Å². The molecule has 66 valence electrons. The van der Waals surface area contributed by atoms with Crippen molar-refractivity contribution in [1.82, 2.24) is 0 Å². The number of allylic oxidation sites excluding steroid dienone is 1. The maximum absolute atomic E-state index is 11.3. The van der Waals surface area contributed by atoms with E-state index in [1.165, 1.54) is 0 Å². The molecule has 0 radical (unpaired) electrons. The van der Waals surface area contributed by atoms with Crippen molar-refractivity contribution in [2.75, 3.05) is 0 Å². The first-order valence-corrected chi connectivity index (χ1v) is 4.43. The highest BCUT2D eigenvalue weighted by atomic mass is 16.1. The van der Waals surface area contributed by atoms with E-state index >= 15 is 0 Å². The normalized spacial score (nSPS) is 30.2. The number of carbonyl (C=O) groups excluding carboxylic acids is 2. The molecule has 0 aromatic rings. The van der Waals surface area contributed by atoms with Crippen LogP contribution < -0.4 is 0 Å².